The summed E-state index contributed by atoms with van der Waals surface area (Å²) in [4.78, 5) is 0. The van der Waals surface area contributed by atoms with E-state index in [1.165, 1.54) is 24.8 Å². The van der Waals surface area contributed by atoms with Crippen molar-refractivity contribution in [1.29, 1.82) is 0 Å². The molecule has 0 fully saturated rings. The molecule has 2 heteroatoms. The Labute approximate surface area is 196 Å². The fourth-order valence-electron chi connectivity index (χ4n) is 3.49. The van der Waals surface area contributed by atoms with Crippen molar-refractivity contribution in [2.24, 2.45) is 0 Å². The molecule has 0 unspecified atom stereocenters. The van der Waals surface area contributed by atoms with Gasteiger partial charge in [-0.25, -0.2) is 0 Å². The molecular weight excluding hydrogens is 410 g/mol. The molecule has 3 aromatic rings. The minimum absolute atomic E-state index is 0.462. The predicted molar refractivity (Wildman–Crippen MR) is 134 cm³/mol. The van der Waals surface area contributed by atoms with Crippen LogP contribution in [-0.4, -0.2) is 0 Å². The first kappa shape index (κ1) is 24.0. The minimum atomic E-state index is -1.70. The first-order valence-electron chi connectivity index (χ1n) is 11.5. The fraction of sp³-hybridized carbons (Fsp3) is 0.226. The van der Waals surface area contributed by atoms with Crippen LogP contribution in [0.3, 0.4) is 0 Å². The molecule has 0 saturated heterocycles. The quantitative estimate of drug-likeness (QED) is 0.270. The van der Waals surface area contributed by atoms with E-state index in [0.29, 0.717) is 5.56 Å². The summed E-state index contributed by atoms with van der Waals surface area (Å²) in [6.45, 7) is 4.32. The summed E-state index contributed by atoms with van der Waals surface area (Å²) in [5.41, 5.74) is 6.69. The van der Waals surface area contributed by atoms with Crippen LogP contribution in [0.25, 0.3) is 6.08 Å². The lowest BCUT2D eigenvalue weighted by Gasteiger charge is -2.02. The third-order valence-corrected chi connectivity index (χ3v) is 5.39. The monoisotopic (exact) mass is 438 g/mol. The van der Waals surface area contributed by atoms with Crippen molar-refractivity contribution in [2.45, 2.75) is 46.0 Å². The van der Waals surface area contributed by atoms with Gasteiger partial charge in [0.05, 0.1) is 0 Å². The molecule has 0 saturated carbocycles. The number of halogens is 2. The molecule has 0 amide bonds. The van der Waals surface area contributed by atoms with Crippen LogP contribution in [0.2, 0.25) is 0 Å². The average Bonchev–Trinajstić information content (AvgIpc) is 2.83. The van der Waals surface area contributed by atoms with E-state index < -0.39 is 6.08 Å². The zero-order valence-electron chi connectivity index (χ0n) is 19.2. The van der Waals surface area contributed by atoms with E-state index in [1.807, 2.05) is 12.1 Å². The Morgan fingerprint density at radius 2 is 1.33 bits per heavy atom. The molecule has 0 spiro atoms. The normalized spacial score (nSPS) is 9.94. The maximum Gasteiger partial charge on any atom is 0.270 e. The Balaban J connectivity index is 1.71. The van der Waals surface area contributed by atoms with Crippen LogP contribution in [0.15, 0.2) is 72.8 Å². The van der Waals surface area contributed by atoms with Crippen molar-refractivity contribution >= 4 is 6.08 Å². The van der Waals surface area contributed by atoms with E-state index in [2.05, 4.69) is 67.9 Å². The van der Waals surface area contributed by atoms with Crippen LogP contribution in [0.1, 0.15) is 72.1 Å². The van der Waals surface area contributed by atoms with Crippen molar-refractivity contribution in [3.05, 3.63) is 112 Å². The van der Waals surface area contributed by atoms with E-state index in [0.717, 1.165) is 46.7 Å². The number of hydrogen-bond acceptors (Lipinski definition) is 0. The lowest BCUT2D eigenvalue weighted by molar-refractivity contribution is 0.429. The summed E-state index contributed by atoms with van der Waals surface area (Å²) in [7, 11) is 0. The smallest absolute Gasteiger partial charge is 0.173 e. The van der Waals surface area contributed by atoms with Gasteiger partial charge < -0.3 is 0 Å². The zero-order valence-corrected chi connectivity index (χ0v) is 19.2. The van der Waals surface area contributed by atoms with E-state index in [9.17, 15) is 8.78 Å². The Morgan fingerprint density at radius 3 is 1.97 bits per heavy atom. The van der Waals surface area contributed by atoms with Gasteiger partial charge in [-0.2, -0.15) is 8.78 Å². The summed E-state index contributed by atoms with van der Waals surface area (Å²) >= 11 is 0. The fourth-order valence-corrected chi connectivity index (χ4v) is 3.49. The Morgan fingerprint density at radius 1 is 0.727 bits per heavy atom. The van der Waals surface area contributed by atoms with Gasteiger partial charge in [0.25, 0.3) is 6.08 Å². The van der Waals surface area contributed by atoms with Gasteiger partial charge in [-0.05, 0) is 78.4 Å². The van der Waals surface area contributed by atoms with Crippen LogP contribution in [-0.2, 0) is 12.8 Å². The first-order valence-corrected chi connectivity index (χ1v) is 11.5. The molecule has 0 radical (unpaired) electrons. The highest BCUT2D eigenvalue weighted by Gasteiger charge is 2.00. The van der Waals surface area contributed by atoms with Crippen LogP contribution < -0.4 is 0 Å². The summed E-state index contributed by atoms with van der Waals surface area (Å²) in [6.07, 6.45) is 4.86. The summed E-state index contributed by atoms with van der Waals surface area (Å²) in [6, 6.07) is 21.4. The molecule has 33 heavy (non-hydrogen) atoms. The molecule has 0 nitrogen and oxygen atoms in total. The largest absolute Gasteiger partial charge is 0.270 e. The van der Waals surface area contributed by atoms with Gasteiger partial charge in [0.15, 0.2) is 0 Å². The summed E-state index contributed by atoms with van der Waals surface area (Å²) in [5, 5.41) is 0. The van der Waals surface area contributed by atoms with Crippen molar-refractivity contribution in [1.82, 2.24) is 0 Å². The molecule has 0 atom stereocenters. The number of benzene rings is 3. The molecule has 166 valence electrons. The first-order chi connectivity index (χ1) is 16.1. The lowest BCUT2D eigenvalue weighted by atomic mass is 10.0. The van der Waals surface area contributed by atoms with E-state index in [1.54, 1.807) is 24.3 Å². The number of hydrogen-bond donors (Lipinski definition) is 0. The number of unbranched alkanes of at least 4 members (excludes halogenated alkanes) is 2. The molecule has 3 rings (SSSR count). The minimum Gasteiger partial charge on any atom is -0.173 e. The van der Waals surface area contributed by atoms with Gasteiger partial charge in [0.1, 0.15) is 0 Å². The maximum atomic E-state index is 12.3. The van der Waals surface area contributed by atoms with Crippen LogP contribution >= 0.6 is 0 Å². The Kier molecular flexibility index (Phi) is 9.05. The molecule has 0 bridgehead atoms. The van der Waals surface area contributed by atoms with Gasteiger partial charge in [-0.15, -0.1) is 0 Å². The molecule has 0 aliphatic heterocycles. The summed E-state index contributed by atoms with van der Waals surface area (Å²) in [5.74, 6) is 12.9. The van der Waals surface area contributed by atoms with Crippen LogP contribution in [0.5, 0.6) is 0 Å². The Bertz CT molecular complexity index is 1200. The van der Waals surface area contributed by atoms with E-state index in [-0.39, 0.29) is 0 Å². The molecule has 0 aliphatic rings. The highest BCUT2D eigenvalue weighted by atomic mass is 19.3. The topological polar surface area (TPSA) is 0 Å². The third kappa shape index (κ3) is 7.78. The van der Waals surface area contributed by atoms with E-state index in [4.69, 9.17) is 0 Å². The second kappa shape index (κ2) is 12.4. The second-order valence-corrected chi connectivity index (χ2v) is 7.94. The van der Waals surface area contributed by atoms with Gasteiger partial charge in [-0.1, -0.05) is 74.6 Å². The molecule has 0 N–H and O–H groups in total. The van der Waals surface area contributed by atoms with Crippen molar-refractivity contribution < 1.29 is 8.78 Å². The maximum absolute atomic E-state index is 12.3. The van der Waals surface area contributed by atoms with Gasteiger partial charge in [0, 0.05) is 28.3 Å². The van der Waals surface area contributed by atoms with Gasteiger partial charge in [0.2, 0.25) is 0 Å². The second-order valence-electron chi connectivity index (χ2n) is 7.94. The zero-order chi connectivity index (χ0) is 23.5. The highest BCUT2D eigenvalue weighted by Crippen LogP contribution is 2.14. The molecule has 0 heterocycles. The number of aryl methyl sites for hydroxylation is 2. The van der Waals surface area contributed by atoms with Crippen LogP contribution in [0, 0.1) is 23.7 Å². The average molecular weight is 439 g/mol. The van der Waals surface area contributed by atoms with E-state index >= 15 is 0 Å². The summed E-state index contributed by atoms with van der Waals surface area (Å²) < 4.78 is 24.7. The van der Waals surface area contributed by atoms with Crippen LogP contribution in [0.4, 0.5) is 8.78 Å². The molecular formula is C31H28F2. The SMILES string of the molecule is CCCCCc1ccc(C#Cc2ccc(C#Cc3ccc(C=C(F)F)cc3)c(CC)c2)cc1. The Hall–Kier alpha value is -3.62. The molecule has 3 aromatic carbocycles. The van der Waals surface area contributed by atoms with Gasteiger partial charge in [-0.3, -0.25) is 0 Å². The highest BCUT2D eigenvalue weighted by molar-refractivity contribution is 5.54. The molecule has 0 aromatic heterocycles. The van der Waals surface area contributed by atoms with Crippen molar-refractivity contribution in [2.75, 3.05) is 0 Å². The lowest BCUT2D eigenvalue weighted by Crippen LogP contribution is -1.90. The number of rotatable bonds is 6. The molecule has 0 aliphatic carbocycles. The predicted octanol–water partition coefficient (Wildman–Crippen LogP) is 8.02. The standard InChI is InChI=1S/C31H28F2/c1-3-5-6-7-24-8-10-25(11-9-24)12-15-27-19-21-30(29(4-2)22-27)20-18-26-13-16-28(17-14-26)23-31(32)33/h8-11,13-14,16-17,19,21-23H,3-7H2,1-2H3. The van der Waals surface area contributed by atoms with Crippen molar-refractivity contribution in [3.8, 4) is 23.7 Å². The van der Waals surface area contributed by atoms with Gasteiger partial charge >= 0.3 is 0 Å². The third-order valence-electron chi connectivity index (χ3n) is 5.39. The van der Waals surface area contributed by atoms with Crippen molar-refractivity contribution in [3.63, 3.8) is 0 Å².